The van der Waals surface area contributed by atoms with Gasteiger partial charge < -0.3 is 9.84 Å². The van der Waals surface area contributed by atoms with Crippen LogP contribution >= 0.6 is 11.6 Å². The van der Waals surface area contributed by atoms with Crippen LogP contribution in [0.1, 0.15) is 23.4 Å². The van der Waals surface area contributed by atoms with Gasteiger partial charge in [0.15, 0.2) is 0 Å². The molecule has 0 aliphatic rings. The molecular weight excluding hydrogens is 395 g/mol. The number of amides is 1. The number of hydrogen-bond acceptors (Lipinski definition) is 4. The van der Waals surface area contributed by atoms with Gasteiger partial charge in [-0.1, -0.05) is 47.1 Å². The molecule has 3 rings (SSSR count). The van der Waals surface area contributed by atoms with Crippen molar-refractivity contribution in [2.75, 3.05) is 0 Å². The Hall–Kier alpha value is -2.87. The van der Waals surface area contributed by atoms with Crippen molar-refractivity contribution in [1.82, 2.24) is 15.5 Å². The summed E-state index contributed by atoms with van der Waals surface area (Å²) in [4.78, 5) is 16.0. The second-order valence-corrected chi connectivity index (χ2v) is 6.37. The van der Waals surface area contributed by atoms with Crippen molar-refractivity contribution in [3.63, 3.8) is 0 Å². The lowest BCUT2D eigenvalue weighted by Crippen LogP contribution is -2.23. The quantitative estimate of drug-likeness (QED) is 0.643. The van der Waals surface area contributed by atoms with Crippen LogP contribution in [0.3, 0.4) is 0 Å². The van der Waals surface area contributed by atoms with Crippen molar-refractivity contribution in [3.05, 3.63) is 70.6 Å². The van der Waals surface area contributed by atoms with Gasteiger partial charge in [0, 0.05) is 30.0 Å². The number of aromatic nitrogens is 2. The number of alkyl halides is 3. The lowest BCUT2D eigenvalue weighted by atomic mass is 10.1. The monoisotopic (exact) mass is 409 g/mol. The molecule has 0 bridgehead atoms. The second-order valence-electron chi connectivity index (χ2n) is 5.96. The summed E-state index contributed by atoms with van der Waals surface area (Å²) in [6, 6.07) is 11.8. The molecule has 1 N–H and O–H groups in total. The lowest BCUT2D eigenvalue weighted by molar-refractivity contribution is -0.137. The highest BCUT2D eigenvalue weighted by Gasteiger charge is 2.30. The molecule has 0 saturated heterocycles. The van der Waals surface area contributed by atoms with Gasteiger partial charge in [-0.3, -0.25) is 4.79 Å². The van der Waals surface area contributed by atoms with Crippen LogP contribution in [-0.4, -0.2) is 16.0 Å². The molecule has 0 atom stereocenters. The molecule has 0 spiro atoms. The van der Waals surface area contributed by atoms with Gasteiger partial charge in [-0.2, -0.15) is 18.2 Å². The number of rotatable bonds is 6. The summed E-state index contributed by atoms with van der Waals surface area (Å²) < 4.78 is 43.4. The topological polar surface area (TPSA) is 68.0 Å². The van der Waals surface area contributed by atoms with Gasteiger partial charge in [-0.05, 0) is 23.8 Å². The van der Waals surface area contributed by atoms with E-state index >= 15 is 0 Å². The first kappa shape index (κ1) is 19.9. The number of carbonyl (C=O) groups excluding carboxylic acids is 1. The Morgan fingerprint density at radius 2 is 1.93 bits per heavy atom. The summed E-state index contributed by atoms with van der Waals surface area (Å²) in [6.45, 7) is 0.290. The molecule has 146 valence electrons. The molecule has 28 heavy (non-hydrogen) atoms. The third-order valence-electron chi connectivity index (χ3n) is 3.92. The molecule has 0 saturated carbocycles. The molecule has 1 aromatic heterocycles. The maximum atomic E-state index is 12.8. The molecule has 0 fully saturated rings. The summed E-state index contributed by atoms with van der Waals surface area (Å²) in [5.41, 5.74) is 0.186. The first-order valence-corrected chi connectivity index (χ1v) is 8.71. The Balaban J connectivity index is 1.56. The van der Waals surface area contributed by atoms with E-state index in [1.807, 2.05) is 12.1 Å². The first-order chi connectivity index (χ1) is 13.3. The summed E-state index contributed by atoms with van der Waals surface area (Å²) >= 11 is 6.03. The van der Waals surface area contributed by atoms with Crippen LogP contribution in [0.5, 0.6) is 0 Å². The van der Waals surface area contributed by atoms with Crippen molar-refractivity contribution in [2.24, 2.45) is 0 Å². The van der Waals surface area contributed by atoms with Crippen molar-refractivity contribution in [3.8, 4) is 11.4 Å². The molecule has 9 heteroatoms. The molecule has 0 aliphatic carbocycles. The SMILES string of the molecule is O=C(CCc1nc(-c2cccc(C(F)(F)F)c2)no1)NCc1ccccc1Cl. The molecule has 1 heterocycles. The zero-order chi connectivity index (χ0) is 20.1. The minimum Gasteiger partial charge on any atom is -0.352 e. The van der Waals surface area contributed by atoms with Crippen LogP contribution in [0.2, 0.25) is 5.02 Å². The number of hydrogen-bond donors (Lipinski definition) is 1. The normalized spacial score (nSPS) is 11.4. The predicted molar refractivity (Wildman–Crippen MR) is 96.4 cm³/mol. The fourth-order valence-corrected chi connectivity index (χ4v) is 2.66. The predicted octanol–water partition coefficient (Wildman–Crippen LogP) is 4.66. The maximum Gasteiger partial charge on any atom is 0.416 e. The highest BCUT2D eigenvalue weighted by molar-refractivity contribution is 6.31. The van der Waals surface area contributed by atoms with E-state index in [9.17, 15) is 18.0 Å². The van der Waals surface area contributed by atoms with Gasteiger partial charge in [-0.25, -0.2) is 0 Å². The van der Waals surface area contributed by atoms with Crippen molar-refractivity contribution in [2.45, 2.75) is 25.6 Å². The molecule has 0 aliphatic heterocycles. The number of halogens is 4. The van der Waals surface area contributed by atoms with Crippen molar-refractivity contribution >= 4 is 17.5 Å². The maximum absolute atomic E-state index is 12.8. The van der Waals surface area contributed by atoms with E-state index in [1.165, 1.54) is 12.1 Å². The fourth-order valence-electron chi connectivity index (χ4n) is 2.45. The number of benzene rings is 2. The Bertz CT molecular complexity index is 973. The first-order valence-electron chi connectivity index (χ1n) is 8.33. The van der Waals surface area contributed by atoms with Gasteiger partial charge in [0.05, 0.1) is 5.56 Å². The van der Waals surface area contributed by atoms with Crippen LogP contribution in [0.4, 0.5) is 13.2 Å². The minimum atomic E-state index is -4.46. The largest absolute Gasteiger partial charge is 0.416 e. The van der Waals surface area contributed by atoms with Gasteiger partial charge in [-0.15, -0.1) is 0 Å². The molecular formula is C19H15ClF3N3O2. The molecule has 0 radical (unpaired) electrons. The third-order valence-corrected chi connectivity index (χ3v) is 4.28. The minimum absolute atomic E-state index is 0.0394. The van der Waals surface area contributed by atoms with Crippen molar-refractivity contribution < 1.29 is 22.5 Å². The van der Waals surface area contributed by atoms with Crippen LogP contribution in [0.15, 0.2) is 53.1 Å². The smallest absolute Gasteiger partial charge is 0.352 e. The van der Waals surface area contributed by atoms with Crippen LogP contribution in [-0.2, 0) is 23.9 Å². The average Bonchev–Trinajstić information content (AvgIpc) is 3.14. The van der Waals surface area contributed by atoms with E-state index in [4.69, 9.17) is 16.1 Å². The number of carbonyl (C=O) groups is 1. The molecule has 0 unspecified atom stereocenters. The van der Waals surface area contributed by atoms with Crippen LogP contribution in [0.25, 0.3) is 11.4 Å². The van der Waals surface area contributed by atoms with Crippen LogP contribution < -0.4 is 5.32 Å². The highest BCUT2D eigenvalue weighted by Crippen LogP contribution is 2.31. The Morgan fingerprint density at radius 3 is 2.68 bits per heavy atom. The summed E-state index contributed by atoms with van der Waals surface area (Å²) in [5.74, 6) is -0.0309. The highest BCUT2D eigenvalue weighted by atomic mass is 35.5. The Labute approximate surface area is 163 Å². The average molecular weight is 410 g/mol. The zero-order valence-electron chi connectivity index (χ0n) is 14.5. The van der Waals surface area contributed by atoms with E-state index in [-0.39, 0.29) is 42.6 Å². The van der Waals surface area contributed by atoms with E-state index in [1.54, 1.807) is 12.1 Å². The van der Waals surface area contributed by atoms with Gasteiger partial charge >= 0.3 is 6.18 Å². The second kappa shape index (κ2) is 8.43. The zero-order valence-corrected chi connectivity index (χ0v) is 15.2. The van der Waals surface area contributed by atoms with Gasteiger partial charge in [0.25, 0.3) is 0 Å². The molecule has 1 amide bonds. The number of nitrogens with one attached hydrogen (secondary N) is 1. The summed E-state index contributed by atoms with van der Waals surface area (Å²) in [6.07, 6.45) is -4.20. The van der Waals surface area contributed by atoms with E-state index < -0.39 is 11.7 Å². The van der Waals surface area contributed by atoms with E-state index in [0.717, 1.165) is 17.7 Å². The number of nitrogens with zero attached hydrogens (tertiary/aromatic N) is 2. The van der Waals surface area contributed by atoms with Gasteiger partial charge in [0.1, 0.15) is 0 Å². The standard InChI is InChI=1S/C19H15ClF3N3O2/c20-15-7-2-1-4-13(15)11-24-16(27)8-9-17-25-18(26-28-17)12-5-3-6-14(10-12)19(21,22)23/h1-7,10H,8-9,11H2,(H,24,27). The van der Waals surface area contributed by atoms with Gasteiger partial charge in [0.2, 0.25) is 17.6 Å². The molecule has 2 aromatic carbocycles. The Kier molecular flexibility index (Phi) is 5.99. The van der Waals surface area contributed by atoms with Crippen molar-refractivity contribution in [1.29, 1.82) is 0 Å². The third kappa shape index (κ3) is 5.10. The Morgan fingerprint density at radius 1 is 1.14 bits per heavy atom. The number of aryl methyl sites for hydroxylation is 1. The lowest BCUT2D eigenvalue weighted by Gasteiger charge is -2.06. The van der Waals surface area contributed by atoms with E-state index in [2.05, 4.69) is 15.5 Å². The summed E-state index contributed by atoms with van der Waals surface area (Å²) in [5, 5.41) is 6.99. The molecule has 3 aromatic rings. The van der Waals surface area contributed by atoms with E-state index in [0.29, 0.717) is 5.02 Å². The fraction of sp³-hybridized carbons (Fsp3) is 0.211. The molecule has 5 nitrogen and oxygen atoms in total. The summed E-state index contributed by atoms with van der Waals surface area (Å²) in [7, 11) is 0. The van der Waals surface area contributed by atoms with Crippen LogP contribution in [0, 0.1) is 0 Å².